The van der Waals surface area contributed by atoms with Gasteiger partial charge in [0.25, 0.3) is 5.91 Å². The molecular weight excluding hydrogens is 372 g/mol. The number of amides is 1. The highest BCUT2D eigenvalue weighted by molar-refractivity contribution is 6.05. The van der Waals surface area contributed by atoms with Gasteiger partial charge in [0.15, 0.2) is 0 Å². The highest BCUT2D eigenvalue weighted by Crippen LogP contribution is 2.20. The van der Waals surface area contributed by atoms with Gasteiger partial charge in [-0.15, -0.1) is 0 Å². The number of carboxylic acid groups (broad SMARTS) is 1. The van der Waals surface area contributed by atoms with Gasteiger partial charge in [-0.2, -0.15) is 0 Å². The quantitative estimate of drug-likeness (QED) is 0.465. The normalized spacial score (nSPS) is 10.6. The van der Waals surface area contributed by atoms with Crippen LogP contribution in [0.25, 0.3) is 11.0 Å². The molecule has 0 saturated carbocycles. The molecule has 0 radical (unpaired) electrons. The molecule has 2 heterocycles. The standard InChI is InChI=1S/C21H16N4O4/c26-19(25-21-23-17-8-4-7-16(20(27)28)18(17)24-21)14-9-15(11-22-10-14)29-12-13-5-2-1-3-6-13/h1-11H,12H2,(H,27,28)(H2,23,24,25,26). The number of hydrogen-bond acceptors (Lipinski definition) is 5. The molecule has 2 aromatic carbocycles. The minimum absolute atomic E-state index is 0.0530. The number of carbonyl (C=O) groups is 2. The van der Waals surface area contributed by atoms with Gasteiger partial charge in [0.1, 0.15) is 17.9 Å². The summed E-state index contributed by atoms with van der Waals surface area (Å²) in [5.74, 6) is -0.931. The Bertz CT molecular complexity index is 1190. The van der Waals surface area contributed by atoms with Gasteiger partial charge < -0.3 is 14.8 Å². The van der Waals surface area contributed by atoms with Crippen molar-refractivity contribution in [2.75, 3.05) is 5.32 Å². The predicted molar refractivity (Wildman–Crippen MR) is 106 cm³/mol. The molecule has 29 heavy (non-hydrogen) atoms. The Balaban J connectivity index is 1.49. The van der Waals surface area contributed by atoms with E-state index in [0.29, 0.717) is 17.9 Å². The number of pyridine rings is 1. The Morgan fingerprint density at radius 2 is 1.90 bits per heavy atom. The van der Waals surface area contributed by atoms with E-state index in [9.17, 15) is 14.7 Å². The zero-order valence-corrected chi connectivity index (χ0v) is 15.1. The maximum atomic E-state index is 12.6. The number of aromatic amines is 1. The van der Waals surface area contributed by atoms with Crippen LogP contribution in [0.1, 0.15) is 26.3 Å². The molecule has 144 valence electrons. The molecule has 0 saturated heterocycles. The highest BCUT2D eigenvalue weighted by Gasteiger charge is 2.15. The second kappa shape index (κ2) is 7.81. The molecule has 0 unspecified atom stereocenters. The van der Waals surface area contributed by atoms with Crippen molar-refractivity contribution in [2.45, 2.75) is 6.61 Å². The summed E-state index contributed by atoms with van der Waals surface area (Å²) in [6.07, 6.45) is 2.94. The SMILES string of the molecule is O=C(Nc1nc2c(C(=O)O)cccc2[nH]1)c1cncc(OCc2ccccc2)c1. The number of imidazole rings is 1. The van der Waals surface area contributed by atoms with E-state index < -0.39 is 11.9 Å². The maximum Gasteiger partial charge on any atom is 0.337 e. The molecule has 3 N–H and O–H groups in total. The summed E-state index contributed by atoms with van der Waals surface area (Å²) < 4.78 is 5.69. The fraction of sp³-hybridized carbons (Fsp3) is 0.0476. The van der Waals surface area contributed by atoms with Gasteiger partial charge in [0.05, 0.1) is 22.8 Å². The number of anilines is 1. The zero-order chi connectivity index (χ0) is 20.2. The average molecular weight is 388 g/mol. The number of carbonyl (C=O) groups excluding carboxylic acids is 1. The number of fused-ring (bicyclic) bond motifs is 1. The second-order valence-electron chi connectivity index (χ2n) is 6.23. The van der Waals surface area contributed by atoms with Gasteiger partial charge in [-0.25, -0.2) is 9.78 Å². The molecule has 4 aromatic rings. The number of benzene rings is 2. The summed E-state index contributed by atoms with van der Waals surface area (Å²) in [6, 6.07) is 16.0. The van der Waals surface area contributed by atoms with Crippen LogP contribution in [0.4, 0.5) is 5.95 Å². The fourth-order valence-corrected chi connectivity index (χ4v) is 2.81. The lowest BCUT2D eigenvalue weighted by Gasteiger charge is -2.07. The van der Waals surface area contributed by atoms with Crippen molar-refractivity contribution in [2.24, 2.45) is 0 Å². The van der Waals surface area contributed by atoms with Gasteiger partial charge >= 0.3 is 5.97 Å². The van der Waals surface area contributed by atoms with E-state index in [0.717, 1.165) is 5.56 Å². The first-order valence-electron chi connectivity index (χ1n) is 8.75. The van der Waals surface area contributed by atoms with E-state index in [4.69, 9.17) is 4.74 Å². The maximum absolute atomic E-state index is 12.6. The molecule has 0 fully saturated rings. The lowest BCUT2D eigenvalue weighted by atomic mass is 10.2. The molecule has 0 aliphatic heterocycles. The molecule has 8 nitrogen and oxygen atoms in total. The lowest BCUT2D eigenvalue weighted by Crippen LogP contribution is -2.13. The van der Waals surface area contributed by atoms with Crippen LogP contribution in [0.5, 0.6) is 5.75 Å². The van der Waals surface area contributed by atoms with Crippen molar-refractivity contribution in [3.05, 3.63) is 83.7 Å². The first kappa shape index (κ1) is 18.2. The minimum atomic E-state index is -1.09. The average Bonchev–Trinajstić information content (AvgIpc) is 3.15. The fourth-order valence-electron chi connectivity index (χ4n) is 2.81. The Kier molecular flexibility index (Phi) is 4.90. The smallest absolute Gasteiger partial charge is 0.337 e. The summed E-state index contributed by atoms with van der Waals surface area (Å²) in [5.41, 5.74) is 2.12. The van der Waals surface area contributed by atoms with E-state index >= 15 is 0 Å². The van der Waals surface area contributed by atoms with Crippen molar-refractivity contribution in [1.29, 1.82) is 0 Å². The van der Waals surface area contributed by atoms with Gasteiger partial charge in [0.2, 0.25) is 5.95 Å². The van der Waals surface area contributed by atoms with Crippen LogP contribution in [-0.2, 0) is 6.61 Å². The number of hydrogen-bond donors (Lipinski definition) is 3. The van der Waals surface area contributed by atoms with Crippen molar-refractivity contribution in [3.8, 4) is 5.75 Å². The Labute approximate surface area is 165 Å². The number of rotatable bonds is 6. The number of nitrogens with zero attached hydrogens (tertiary/aromatic N) is 2. The van der Waals surface area contributed by atoms with Crippen molar-refractivity contribution < 1.29 is 19.4 Å². The number of ether oxygens (including phenoxy) is 1. The Morgan fingerprint density at radius 1 is 1.07 bits per heavy atom. The van der Waals surface area contributed by atoms with Crippen LogP contribution in [0.15, 0.2) is 67.0 Å². The van der Waals surface area contributed by atoms with Crippen LogP contribution in [0.3, 0.4) is 0 Å². The van der Waals surface area contributed by atoms with Gasteiger partial charge in [-0.05, 0) is 23.8 Å². The summed E-state index contributed by atoms with van der Waals surface area (Å²) >= 11 is 0. The van der Waals surface area contributed by atoms with E-state index in [-0.39, 0.29) is 22.6 Å². The molecule has 0 aliphatic rings. The number of aromatic nitrogens is 3. The minimum Gasteiger partial charge on any atom is -0.487 e. The third-order valence-corrected chi connectivity index (χ3v) is 4.20. The molecule has 4 rings (SSSR count). The molecular formula is C21H16N4O4. The van der Waals surface area contributed by atoms with Crippen molar-refractivity contribution >= 4 is 28.9 Å². The van der Waals surface area contributed by atoms with Crippen molar-refractivity contribution in [1.82, 2.24) is 15.0 Å². The third kappa shape index (κ3) is 4.06. The van der Waals surface area contributed by atoms with E-state index in [1.165, 1.54) is 18.5 Å². The predicted octanol–water partition coefficient (Wildman–Crippen LogP) is 3.49. The highest BCUT2D eigenvalue weighted by atomic mass is 16.5. The van der Waals surface area contributed by atoms with E-state index in [1.807, 2.05) is 30.3 Å². The molecule has 2 aromatic heterocycles. The third-order valence-electron chi connectivity index (χ3n) is 4.20. The molecule has 1 amide bonds. The number of H-pyrrole nitrogens is 1. The summed E-state index contributed by atoms with van der Waals surface area (Å²) in [6.45, 7) is 0.356. The Morgan fingerprint density at radius 3 is 2.69 bits per heavy atom. The monoisotopic (exact) mass is 388 g/mol. The van der Waals surface area contributed by atoms with Gasteiger partial charge in [0, 0.05) is 6.20 Å². The molecule has 0 bridgehead atoms. The number of carboxylic acids is 1. The first-order valence-corrected chi connectivity index (χ1v) is 8.75. The number of nitrogens with one attached hydrogen (secondary N) is 2. The van der Waals surface area contributed by atoms with Crippen LogP contribution in [0.2, 0.25) is 0 Å². The van der Waals surface area contributed by atoms with Crippen LogP contribution in [0, 0.1) is 0 Å². The Hall–Kier alpha value is -4.20. The summed E-state index contributed by atoms with van der Waals surface area (Å²) in [5, 5.41) is 11.9. The zero-order valence-electron chi connectivity index (χ0n) is 15.1. The molecule has 0 aliphatic carbocycles. The van der Waals surface area contributed by atoms with E-state index in [1.54, 1.807) is 18.2 Å². The van der Waals surface area contributed by atoms with Crippen LogP contribution in [-0.4, -0.2) is 31.9 Å². The molecule has 8 heteroatoms. The molecule has 0 atom stereocenters. The van der Waals surface area contributed by atoms with Gasteiger partial charge in [-0.3, -0.25) is 15.1 Å². The number of aromatic carboxylic acids is 1. The van der Waals surface area contributed by atoms with Gasteiger partial charge in [-0.1, -0.05) is 36.4 Å². The van der Waals surface area contributed by atoms with E-state index in [2.05, 4.69) is 20.3 Å². The van der Waals surface area contributed by atoms with Crippen molar-refractivity contribution in [3.63, 3.8) is 0 Å². The number of para-hydroxylation sites is 1. The second-order valence-corrected chi connectivity index (χ2v) is 6.23. The van der Waals surface area contributed by atoms with Crippen LogP contribution >= 0.6 is 0 Å². The lowest BCUT2D eigenvalue weighted by molar-refractivity contribution is 0.0698. The summed E-state index contributed by atoms with van der Waals surface area (Å²) in [4.78, 5) is 35.0. The largest absolute Gasteiger partial charge is 0.487 e. The molecule has 0 spiro atoms. The summed E-state index contributed by atoms with van der Waals surface area (Å²) in [7, 11) is 0. The topological polar surface area (TPSA) is 117 Å². The van der Waals surface area contributed by atoms with Crippen LogP contribution < -0.4 is 10.1 Å². The first-order chi connectivity index (χ1) is 14.1.